The molecule has 1 aromatic rings. The Hall–Kier alpha value is -1.15. The molecule has 1 amide bonds. The van der Waals surface area contributed by atoms with Crippen molar-refractivity contribution >= 4 is 28.3 Å². The Kier molecular flexibility index (Phi) is 10.0. The topological polar surface area (TPSA) is 87.3 Å². The fourth-order valence-electron chi connectivity index (χ4n) is 1.61. The van der Waals surface area contributed by atoms with E-state index in [0.29, 0.717) is 12.1 Å². The molecular formula is C14H24ClN3O3S. The quantitative estimate of drug-likeness (QED) is 0.578. The molecule has 0 saturated carbocycles. The summed E-state index contributed by atoms with van der Waals surface area (Å²) in [6.07, 6.45) is 0. The predicted octanol–water partition coefficient (Wildman–Crippen LogP) is 0.887. The van der Waals surface area contributed by atoms with Crippen molar-refractivity contribution in [2.45, 2.75) is 20.4 Å². The first-order valence-electron chi connectivity index (χ1n) is 7.03. The van der Waals surface area contributed by atoms with E-state index in [4.69, 9.17) is 0 Å². The molecule has 0 aliphatic carbocycles. The molecule has 1 aromatic carbocycles. The number of benzene rings is 1. The highest BCUT2D eigenvalue weighted by Crippen LogP contribution is 2.05. The number of likely N-dealkylation sites (N-methyl/N-ethyl adjacent to an activating group) is 1. The van der Waals surface area contributed by atoms with Crippen LogP contribution in [-0.2, 0) is 16.6 Å². The minimum Gasteiger partial charge on any atom is -0.351 e. The van der Waals surface area contributed by atoms with E-state index in [1.807, 2.05) is 6.92 Å². The van der Waals surface area contributed by atoms with Gasteiger partial charge in [-0.05, 0) is 31.2 Å². The summed E-state index contributed by atoms with van der Waals surface area (Å²) in [5, 5.41) is 5.93. The van der Waals surface area contributed by atoms with Crippen LogP contribution in [-0.4, -0.2) is 39.7 Å². The smallest absolute Gasteiger partial charge is 0.251 e. The van der Waals surface area contributed by atoms with Crippen molar-refractivity contribution < 1.29 is 13.2 Å². The van der Waals surface area contributed by atoms with Crippen molar-refractivity contribution in [1.82, 2.24) is 15.4 Å². The Bertz CT molecular complexity index is 547. The van der Waals surface area contributed by atoms with Crippen molar-refractivity contribution in [3.05, 3.63) is 35.4 Å². The number of carbonyl (C=O) groups excluding carboxylic acids is 1. The molecule has 0 aliphatic heterocycles. The van der Waals surface area contributed by atoms with E-state index in [0.717, 1.165) is 18.7 Å². The van der Waals surface area contributed by atoms with E-state index >= 15 is 0 Å². The van der Waals surface area contributed by atoms with Crippen molar-refractivity contribution in [2.24, 2.45) is 0 Å². The first-order chi connectivity index (χ1) is 9.98. The Balaban J connectivity index is 0.00000441. The van der Waals surface area contributed by atoms with Gasteiger partial charge in [0.25, 0.3) is 5.91 Å². The summed E-state index contributed by atoms with van der Waals surface area (Å²) in [6.45, 7) is 6.01. The lowest BCUT2D eigenvalue weighted by Crippen LogP contribution is -2.31. The van der Waals surface area contributed by atoms with Crippen LogP contribution in [0.15, 0.2) is 24.3 Å². The third kappa shape index (κ3) is 7.74. The van der Waals surface area contributed by atoms with Gasteiger partial charge in [0.2, 0.25) is 10.0 Å². The fraction of sp³-hybridized carbons (Fsp3) is 0.500. The van der Waals surface area contributed by atoms with Gasteiger partial charge >= 0.3 is 0 Å². The average molecular weight is 350 g/mol. The van der Waals surface area contributed by atoms with Gasteiger partial charge in [-0.1, -0.05) is 19.1 Å². The molecule has 0 spiro atoms. The van der Waals surface area contributed by atoms with Gasteiger partial charge in [0.15, 0.2) is 0 Å². The maximum Gasteiger partial charge on any atom is 0.251 e. The zero-order chi connectivity index (χ0) is 15.7. The zero-order valence-electron chi connectivity index (χ0n) is 12.9. The standard InChI is InChI=1S/C14H23N3O3S.ClH/c1-3-15-9-10-16-14(18)13-7-5-12(6-8-13)11-17-21(19,20)4-2;/h5-8,15,17H,3-4,9-11H2,1-2H3,(H,16,18);1H. The van der Waals surface area contributed by atoms with Crippen molar-refractivity contribution in [2.75, 3.05) is 25.4 Å². The Morgan fingerprint density at radius 1 is 1.09 bits per heavy atom. The van der Waals surface area contributed by atoms with Crippen LogP contribution in [0, 0.1) is 0 Å². The number of amides is 1. The largest absolute Gasteiger partial charge is 0.351 e. The Labute approximate surface area is 138 Å². The Morgan fingerprint density at radius 3 is 2.27 bits per heavy atom. The SMILES string of the molecule is CCNCCNC(=O)c1ccc(CNS(=O)(=O)CC)cc1.Cl. The van der Waals surface area contributed by atoms with Crippen molar-refractivity contribution in [3.63, 3.8) is 0 Å². The summed E-state index contributed by atoms with van der Waals surface area (Å²) in [4.78, 5) is 11.8. The number of nitrogens with one attached hydrogen (secondary N) is 3. The molecule has 3 N–H and O–H groups in total. The van der Waals surface area contributed by atoms with Crippen LogP contribution < -0.4 is 15.4 Å². The van der Waals surface area contributed by atoms with Crippen LogP contribution in [0.2, 0.25) is 0 Å². The van der Waals surface area contributed by atoms with Crippen LogP contribution in [0.5, 0.6) is 0 Å². The third-order valence-electron chi connectivity index (χ3n) is 2.93. The van der Waals surface area contributed by atoms with Gasteiger partial charge in [-0.25, -0.2) is 13.1 Å². The molecule has 0 fully saturated rings. The van der Waals surface area contributed by atoms with E-state index in [1.165, 1.54) is 0 Å². The van der Waals surface area contributed by atoms with Crippen molar-refractivity contribution in [1.29, 1.82) is 0 Å². The van der Waals surface area contributed by atoms with Gasteiger partial charge in [0.1, 0.15) is 0 Å². The summed E-state index contributed by atoms with van der Waals surface area (Å²) >= 11 is 0. The van der Waals surface area contributed by atoms with Gasteiger partial charge in [-0.3, -0.25) is 4.79 Å². The maximum absolute atomic E-state index is 11.8. The van der Waals surface area contributed by atoms with Crippen LogP contribution in [0.1, 0.15) is 29.8 Å². The van der Waals surface area contributed by atoms with Gasteiger partial charge in [0, 0.05) is 25.2 Å². The molecule has 6 nitrogen and oxygen atoms in total. The minimum atomic E-state index is -3.20. The summed E-state index contributed by atoms with van der Waals surface area (Å²) < 4.78 is 25.2. The highest BCUT2D eigenvalue weighted by molar-refractivity contribution is 7.89. The second-order valence-electron chi connectivity index (χ2n) is 4.53. The van der Waals surface area contributed by atoms with Crippen LogP contribution in [0.25, 0.3) is 0 Å². The van der Waals surface area contributed by atoms with E-state index in [-0.39, 0.29) is 30.6 Å². The normalized spacial score (nSPS) is 10.8. The number of halogens is 1. The van der Waals surface area contributed by atoms with Crippen molar-refractivity contribution in [3.8, 4) is 0 Å². The molecular weight excluding hydrogens is 326 g/mol. The molecule has 8 heteroatoms. The molecule has 0 radical (unpaired) electrons. The van der Waals surface area contributed by atoms with Gasteiger partial charge in [-0.15, -0.1) is 12.4 Å². The molecule has 0 atom stereocenters. The number of carbonyl (C=O) groups is 1. The Morgan fingerprint density at radius 2 is 1.73 bits per heavy atom. The summed E-state index contributed by atoms with van der Waals surface area (Å²) in [5.74, 6) is -0.0761. The first-order valence-corrected chi connectivity index (χ1v) is 8.69. The predicted molar refractivity (Wildman–Crippen MR) is 90.9 cm³/mol. The molecule has 22 heavy (non-hydrogen) atoms. The van der Waals surface area contributed by atoms with Gasteiger partial charge in [-0.2, -0.15) is 0 Å². The maximum atomic E-state index is 11.8. The number of hydrogen-bond donors (Lipinski definition) is 3. The van der Waals surface area contributed by atoms with Crippen LogP contribution >= 0.6 is 12.4 Å². The number of hydrogen-bond acceptors (Lipinski definition) is 4. The monoisotopic (exact) mass is 349 g/mol. The minimum absolute atomic E-state index is 0. The van der Waals surface area contributed by atoms with E-state index in [1.54, 1.807) is 31.2 Å². The number of sulfonamides is 1. The van der Waals surface area contributed by atoms with Crippen LogP contribution in [0.3, 0.4) is 0 Å². The molecule has 126 valence electrons. The molecule has 0 aromatic heterocycles. The number of rotatable bonds is 9. The van der Waals surface area contributed by atoms with Crippen LogP contribution in [0.4, 0.5) is 0 Å². The lowest BCUT2D eigenvalue weighted by molar-refractivity contribution is 0.0954. The lowest BCUT2D eigenvalue weighted by atomic mass is 10.1. The molecule has 0 heterocycles. The van der Waals surface area contributed by atoms with E-state index in [2.05, 4.69) is 15.4 Å². The highest BCUT2D eigenvalue weighted by atomic mass is 35.5. The molecule has 1 rings (SSSR count). The van der Waals surface area contributed by atoms with E-state index in [9.17, 15) is 13.2 Å². The van der Waals surface area contributed by atoms with E-state index < -0.39 is 10.0 Å². The molecule has 0 saturated heterocycles. The second-order valence-corrected chi connectivity index (χ2v) is 6.63. The summed E-state index contributed by atoms with van der Waals surface area (Å²) in [5.41, 5.74) is 1.38. The second kappa shape index (κ2) is 10.6. The summed E-state index contributed by atoms with van der Waals surface area (Å²) in [6, 6.07) is 6.88. The first kappa shape index (κ1) is 20.9. The third-order valence-corrected chi connectivity index (χ3v) is 4.27. The average Bonchev–Trinajstić information content (AvgIpc) is 2.50. The fourth-order valence-corrected chi connectivity index (χ4v) is 2.20. The lowest BCUT2D eigenvalue weighted by Gasteiger charge is -2.07. The van der Waals surface area contributed by atoms with Gasteiger partial charge < -0.3 is 10.6 Å². The molecule has 0 bridgehead atoms. The zero-order valence-corrected chi connectivity index (χ0v) is 14.5. The summed E-state index contributed by atoms with van der Waals surface area (Å²) in [7, 11) is -3.20. The highest BCUT2D eigenvalue weighted by Gasteiger charge is 2.07. The molecule has 0 aliphatic rings. The molecule has 0 unspecified atom stereocenters. The van der Waals surface area contributed by atoms with Gasteiger partial charge in [0.05, 0.1) is 5.75 Å².